The summed E-state index contributed by atoms with van der Waals surface area (Å²) in [7, 11) is 0. The van der Waals surface area contributed by atoms with E-state index in [2.05, 4.69) is 15.3 Å². The lowest BCUT2D eigenvalue weighted by molar-refractivity contribution is -0.118. The van der Waals surface area contributed by atoms with Crippen molar-refractivity contribution < 1.29 is 9.18 Å². The monoisotopic (exact) mass is 307 g/mol. The van der Waals surface area contributed by atoms with E-state index in [1.807, 2.05) is 19.9 Å². The number of rotatable bonds is 4. The highest BCUT2D eigenvalue weighted by Gasteiger charge is 2.25. The fraction of sp³-hybridized carbons (Fsp3) is 0.267. The molecule has 1 amide bonds. The lowest BCUT2D eigenvalue weighted by Crippen LogP contribution is -2.25. The van der Waals surface area contributed by atoms with Crippen molar-refractivity contribution >= 4 is 23.3 Å². The molecule has 6 heteroatoms. The molecule has 1 N–H and O–H groups in total. The predicted molar refractivity (Wildman–Crippen MR) is 79.7 cm³/mol. The van der Waals surface area contributed by atoms with E-state index in [1.165, 1.54) is 6.20 Å². The highest BCUT2D eigenvalue weighted by molar-refractivity contribution is 6.30. The van der Waals surface area contributed by atoms with Gasteiger partial charge in [-0.15, -0.1) is 0 Å². The molecule has 0 aliphatic rings. The number of hydrogen-bond acceptors (Lipinski definition) is 3. The van der Waals surface area contributed by atoms with Gasteiger partial charge >= 0.3 is 0 Å². The summed E-state index contributed by atoms with van der Waals surface area (Å²) in [6, 6.07) is 7.14. The largest absolute Gasteiger partial charge is 0.309 e. The first-order valence-electron chi connectivity index (χ1n) is 6.51. The molecule has 1 aromatic carbocycles. The highest BCUT2D eigenvalue weighted by Crippen LogP contribution is 2.27. The van der Waals surface area contributed by atoms with E-state index >= 15 is 0 Å². The Bertz CT molecular complexity index is 648. The van der Waals surface area contributed by atoms with Gasteiger partial charge < -0.3 is 5.32 Å². The zero-order valence-corrected chi connectivity index (χ0v) is 12.4. The molecule has 1 aromatic heterocycles. The quantitative estimate of drug-likeness (QED) is 0.938. The van der Waals surface area contributed by atoms with E-state index in [9.17, 15) is 9.18 Å². The third-order valence-corrected chi connectivity index (χ3v) is 3.25. The van der Waals surface area contributed by atoms with Crippen molar-refractivity contribution in [3.8, 4) is 0 Å². The zero-order chi connectivity index (χ0) is 15.4. The molecule has 110 valence electrons. The second-order valence-corrected chi connectivity index (χ2v) is 5.43. The van der Waals surface area contributed by atoms with Gasteiger partial charge in [0.05, 0.1) is 18.3 Å². The summed E-state index contributed by atoms with van der Waals surface area (Å²) in [5, 5.41) is 3.15. The molecular weight excluding hydrogens is 293 g/mol. The Morgan fingerprint density at radius 3 is 2.71 bits per heavy atom. The minimum Gasteiger partial charge on any atom is -0.309 e. The molecule has 0 aliphatic heterocycles. The normalized spacial score (nSPS) is 12.2. The standard InChI is InChI=1S/C15H15ClFN3O/c1-9(2)14(10-4-3-5-11(16)6-10)15(21)20-13-8-18-7-12(17)19-13/h3-9,14H,1-2H3,(H,19,20,21). The number of nitrogens with one attached hydrogen (secondary N) is 1. The Balaban J connectivity index is 2.24. The van der Waals surface area contributed by atoms with Crippen molar-refractivity contribution in [2.75, 3.05) is 5.32 Å². The van der Waals surface area contributed by atoms with Crippen molar-refractivity contribution in [2.24, 2.45) is 5.92 Å². The minimum absolute atomic E-state index is 0.0463. The van der Waals surface area contributed by atoms with Crippen molar-refractivity contribution in [3.05, 3.63) is 53.2 Å². The van der Waals surface area contributed by atoms with E-state index in [-0.39, 0.29) is 17.6 Å². The molecule has 0 radical (unpaired) electrons. The summed E-state index contributed by atoms with van der Waals surface area (Å²) in [6.07, 6.45) is 2.28. The Labute approximate surface area is 127 Å². The number of hydrogen-bond donors (Lipinski definition) is 1. The molecular formula is C15H15ClFN3O. The van der Waals surface area contributed by atoms with Gasteiger partial charge in [-0.1, -0.05) is 37.6 Å². The number of anilines is 1. The lowest BCUT2D eigenvalue weighted by atomic mass is 9.87. The second-order valence-electron chi connectivity index (χ2n) is 4.99. The third kappa shape index (κ3) is 3.98. The van der Waals surface area contributed by atoms with E-state index in [1.54, 1.807) is 18.2 Å². The third-order valence-electron chi connectivity index (χ3n) is 3.01. The van der Waals surface area contributed by atoms with Crippen molar-refractivity contribution in [1.82, 2.24) is 9.97 Å². The average molecular weight is 308 g/mol. The zero-order valence-electron chi connectivity index (χ0n) is 11.7. The summed E-state index contributed by atoms with van der Waals surface area (Å²) in [4.78, 5) is 19.7. The number of amides is 1. The van der Waals surface area contributed by atoms with Crippen LogP contribution in [-0.2, 0) is 4.79 Å². The highest BCUT2D eigenvalue weighted by atomic mass is 35.5. The summed E-state index contributed by atoms with van der Waals surface area (Å²) < 4.78 is 13.0. The topological polar surface area (TPSA) is 54.9 Å². The van der Waals surface area contributed by atoms with Crippen LogP contribution in [0.15, 0.2) is 36.7 Å². The first-order valence-corrected chi connectivity index (χ1v) is 6.89. The number of aromatic nitrogens is 2. The fourth-order valence-electron chi connectivity index (χ4n) is 2.15. The van der Waals surface area contributed by atoms with Crippen molar-refractivity contribution in [2.45, 2.75) is 19.8 Å². The Kier molecular flexibility index (Phi) is 4.85. The molecule has 1 heterocycles. The van der Waals surface area contributed by atoms with Crippen LogP contribution in [0.1, 0.15) is 25.3 Å². The Morgan fingerprint density at radius 2 is 2.10 bits per heavy atom. The summed E-state index contributed by atoms with van der Waals surface area (Å²) >= 11 is 5.98. The van der Waals surface area contributed by atoms with Crippen LogP contribution in [0.4, 0.5) is 10.2 Å². The molecule has 1 atom stereocenters. The predicted octanol–water partition coefficient (Wildman–Crippen LogP) is 3.65. The van der Waals surface area contributed by atoms with Crippen LogP contribution < -0.4 is 5.32 Å². The number of carbonyl (C=O) groups excluding carboxylic acids is 1. The van der Waals surface area contributed by atoms with Crippen LogP contribution in [0.2, 0.25) is 5.02 Å². The maximum Gasteiger partial charge on any atom is 0.233 e. The maximum absolute atomic E-state index is 13.0. The molecule has 2 rings (SSSR count). The van der Waals surface area contributed by atoms with Crippen LogP contribution in [0.3, 0.4) is 0 Å². The van der Waals surface area contributed by atoms with Crippen molar-refractivity contribution in [1.29, 1.82) is 0 Å². The molecule has 4 nitrogen and oxygen atoms in total. The Hall–Kier alpha value is -2.01. The van der Waals surface area contributed by atoms with Gasteiger partial charge in [0.2, 0.25) is 11.9 Å². The molecule has 2 aromatic rings. The lowest BCUT2D eigenvalue weighted by Gasteiger charge is -2.20. The summed E-state index contributed by atoms with van der Waals surface area (Å²) in [5.74, 6) is -1.28. The van der Waals surface area contributed by atoms with E-state index in [4.69, 9.17) is 11.6 Å². The minimum atomic E-state index is -0.739. The van der Waals surface area contributed by atoms with Gasteiger partial charge in [0.25, 0.3) is 0 Å². The first-order chi connectivity index (χ1) is 9.97. The van der Waals surface area contributed by atoms with E-state index in [0.717, 1.165) is 11.8 Å². The molecule has 0 saturated heterocycles. The van der Waals surface area contributed by atoms with Gasteiger partial charge in [-0.2, -0.15) is 9.37 Å². The van der Waals surface area contributed by atoms with E-state index < -0.39 is 11.9 Å². The summed E-state index contributed by atoms with van der Waals surface area (Å²) in [6.45, 7) is 3.87. The number of nitrogens with zero attached hydrogens (tertiary/aromatic N) is 2. The van der Waals surface area contributed by atoms with Gasteiger partial charge in [0, 0.05) is 5.02 Å². The molecule has 0 saturated carbocycles. The van der Waals surface area contributed by atoms with E-state index in [0.29, 0.717) is 5.02 Å². The SMILES string of the molecule is CC(C)C(C(=O)Nc1cncc(F)n1)c1cccc(Cl)c1. The average Bonchev–Trinajstić information content (AvgIpc) is 2.38. The van der Waals surface area contributed by atoms with Gasteiger partial charge in [0.15, 0.2) is 5.82 Å². The fourth-order valence-corrected chi connectivity index (χ4v) is 2.34. The van der Waals surface area contributed by atoms with Gasteiger partial charge in [-0.05, 0) is 23.6 Å². The second kappa shape index (κ2) is 6.63. The summed E-state index contributed by atoms with van der Waals surface area (Å²) in [5.41, 5.74) is 0.805. The van der Waals surface area contributed by atoms with Crippen LogP contribution >= 0.6 is 11.6 Å². The molecule has 0 spiro atoms. The number of carbonyl (C=O) groups is 1. The van der Waals surface area contributed by atoms with Gasteiger partial charge in [-0.25, -0.2) is 0 Å². The number of halogens is 2. The molecule has 1 unspecified atom stereocenters. The van der Waals surface area contributed by atoms with Gasteiger partial charge in [-0.3, -0.25) is 9.78 Å². The number of benzene rings is 1. The smallest absolute Gasteiger partial charge is 0.233 e. The molecule has 0 fully saturated rings. The molecule has 0 bridgehead atoms. The van der Waals surface area contributed by atoms with Gasteiger partial charge in [0.1, 0.15) is 0 Å². The van der Waals surface area contributed by atoms with Crippen LogP contribution in [0.5, 0.6) is 0 Å². The van der Waals surface area contributed by atoms with Crippen LogP contribution in [0, 0.1) is 11.9 Å². The Morgan fingerprint density at radius 1 is 1.33 bits per heavy atom. The van der Waals surface area contributed by atoms with Crippen LogP contribution in [-0.4, -0.2) is 15.9 Å². The molecule has 0 aliphatic carbocycles. The van der Waals surface area contributed by atoms with Crippen molar-refractivity contribution in [3.63, 3.8) is 0 Å². The van der Waals surface area contributed by atoms with Crippen LogP contribution in [0.25, 0.3) is 0 Å². The molecule has 21 heavy (non-hydrogen) atoms. The maximum atomic E-state index is 13.0. The first kappa shape index (κ1) is 15.4.